The molecule has 0 aromatic heterocycles. The van der Waals surface area contributed by atoms with Crippen molar-refractivity contribution < 1.29 is 4.79 Å². The van der Waals surface area contributed by atoms with E-state index in [4.69, 9.17) is 0 Å². The van der Waals surface area contributed by atoms with Crippen molar-refractivity contribution in [1.82, 2.24) is 10.2 Å². The lowest BCUT2D eigenvalue weighted by atomic mass is 10.0. The zero-order chi connectivity index (χ0) is 13.0. The minimum Gasteiger partial charge on any atom is -0.340 e. The molecule has 1 saturated heterocycles. The van der Waals surface area contributed by atoms with Crippen LogP contribution < -0.4 is 5.32 Å². The molecule has 1 heterocycles. The molecule has 1 aliphatic heterocycles. The van der Waals surface area contributed by atoms with Gasteiger partial charge in [0.25, 0.3) is 0 Å². The van der Waals surface area contributed by atoms with Crippen LogP contribution >= 0.6 is 28.3 Å². The molecule has 0 aliphatic carbocycles. The van der Waals surface area contributed by atoms with Crippen molar-refractivity contribution in [3.05, 3.63) is 34.3 Å². The second kappa shape index (κ2) is 7.88. The Hall–Kier alpha value is -0.580. The van der Waals surface area contributed by atoms with Gasteiger partial charge in [0.1, 0.15) is 0 Å². The minimum absolute atomic E-state index is 0. The summed E-state index contributed by atoms with van der Waals surface area (Å²) in [6, 6.07) is 8.11. The number of halogens is 2. The molecule has 1 fully saturated rings. The van der Waals surface area contributed by atoms with E-state index >= 15 is 0 Å². The molecule has 1 amide bonds. The van der Waals surface area contributed by atoms with Crippen LogP contribution in [0.5, 0.6) is 0 Å². The van der Waals surface area contributed by atoms with E-state index in [1.165, 1.54) is 6.42 Å². The van der Waals surface area contributed by atoms with E-state index in [0.29, 0.717) is 6.54 Å². The molecule has 3 nitrogen and oxygen atoms in total. The van der Waals surface area contributed by atoms with Crippen molar-refractivity contribution in [1.29, 1.82) is 0 Å². The summed E-state index contributed by atoms with van der Waals surface area (Å²) in [6.45, 7) is 1.63. The van der Waals surface area contributed by atoms with E-state index in [2.05, 4.69) is 21.2 Å². The average molecular weight is 348 g/mol. The van der Waals surface area contributed by atoms with Gasteiger partial charge >= 0.3 is 0 Å². The Kier molecular flexibility index (Phi) is 6.83. The van der Waals surface area contributed by atoms with E-state index in [1.807, 2.05) is 36.2 Å². The lowest BCUT2D eigenvalue weighted by molar-refractivity contribution is -0.133. The van der Waals surface area contributed by atoms with Gasteiger partial charge in [-0.05, 0) is 37.1 Å². The predicted molar refractivity (Wildman–Crippen MR) is 83.5 cm³/mol. The maximum Gasteiger partial charge on any atom is 0.239 e. The van der Waals surface area contributed by atoms with Gasteiger partial charge < -0.3 is 10.2 Å². The van der Waals surface area contributed by atoms with Gasteiger partial charge in [-0.15, -0.1) is 12.4 Å². The number of hydrogen-bond donors (Lipinski definition) is 1. The van der Waals surface area contributed by atoms with Gasteiger partial charge in [-0.2, -0.15) is 0 Å². The Morgan fingerprint density at radius 2 is 2.05 bits per heavy atom. The Labute approximate surface area is 129 Å². The minimum atomic E-state index is 0. The summed E-state index contributed by atoms with van der Waals surface area (Å²) in [7, 11) is 1.88. The molecule has 0 spiro atoms. The summed E-state index contributed by atoms with van der Waals surface area (Å²) in [5, 5.41) is 3.30. The summed E-state index contributed by atoms with van der Waals surface area (Å²) >= 11 is 3.41. The number of carbonyl (C=O) groups excluding carboxylic acids is 1. The topological polar surface area (TPSA) is 32.3 Å². The standard InChI is InChI=1S/C14H19BrN2O.ClH/c1-17(10-11-5-7-12(15)8-6-11)14(18)13-4-2-3-9-16-13;/h5-8,13,16H,2-4,9-10H2,1H3;1H/t13-;/m1./s1. The van der Waals surface area contributed by atoms with Crippen LogP contribution in [0.2, 0.25) is 0 Å². The fourth-order valence-corrected chi connectivity index (χ4v) is 2.53. The number of rotatable bonds is 3. The number of benzene rings is 1. The van der Waals surface area contributed by atoms with E-state index < -0.39 is 0 Å². The molecule has 1 aromatic carbocycles. The molecule has 1 N–H and O–H groups in total. The number of likely N-dealkylation sites (N-methyl/N-ethyl adjacent to an activating group) is 1. The summed E-state index contributed by atoms with van der Waals surface area (Å²) in [5.41, 5.74) is 1.16. The fourth-order valence-electron chi connectivity index (χ4n) is 2.27. The monoisotopic (exact) mass is 346 g/mol. The molecule has 19 heavy (non-hydrogen) atoms. The molecule has 1 aromatic rings. The first kappa shape index (κ1) is 16.5. The van der Waals surface area contributed by atoms with Crippen molar-refractivity contribution in [3.8, 4) is 0 Å². The molecule has 2 rings (SSSR count). The van der Waals surface area contributed by atoms with Crippen LogP contribution in [0.3, 0.4) is 0 Å². The fraction of sp³-hybridized carbons (Fsp3) is 0.500. The Bertz CT molecular complexity index is 404. The third-order valence-electron chi connectivity index (χ3n) is 3.32. The van der Waals surface area contributed by atoms with Gasteiger partial charge in [0.05, 0.1) is 6.04 Å². The highest BCUT2D eigenvalue weighted by Crippen LogP contribution is 2.14. The largest absolute Gasteiger partial charge is 0.340 e. The van der Waals surface area contributed by atoms with Crippen molar-refractivity contribution in [3.63, 3.8) is 0 Å². The third kappa shape index (κ3) is 4.79. The molecular formula is C14H20BrClN2O. The highest BCUT2D eigenvalue weighted by molar-refractivity contribution is 9.10. The number of carbonyl (C=O) groups is 1. The van der Waals surface area contributed by atoms with Crippen molar-refractivity contribution in [2.24, 2.45) is 0 Å². The van der Waals surface area contributed by atoms with Gasteiger partial charge in [0, 0.05) is 18.1 Å². The van der Waals surface area contributed by atoms with Crippen LogP contribution in [0.1, 0.15) is 24.8 Å². The van der Waals surface area contributed by atoms with Crippen LogP contribution in [0.15, 0.2) is 28.7 Å². The quantitative estimate of drug-likeness (QED) is 0.911. The van der Waals surface area contributed by atoms with E-state index in [9.17, 15) is 4.79 Å². The van der Waals surface area contributed by atoms with Gasteiger partial charge in [-0.3, -0.25) is 4.79 Å². The first-order valence-corrected chi connectivity index (χ1v) is 7.19. The molecule has 0 saturated carbocycles. The molecule has 106 valence electrons. The maximum atomic E-state index is 12.2. The Balaban J connectivity index is 0.00000180. The van der Waals surface area contributed by atoms with Gasteiger partial charge in [0.2, 0.25) is 5.91 Å². The highest BCUT2D eigenvalue weighted by Gasteiger charge is 2.23. The maximum absolute atomic E-state index is 12.2. The number of amides is 1. The second-order valence-electron chi connectivity index (χ2n) is 4.82. The molecule has 1 aliphatic rings. The second-order valence-corrected chi connectivity index (χ2v) is 5.74. The van der Waals surface area contributed by atoms with E-state index in [1.54, 1.807) is 0 Å². The van der Waals surface area contributed by atoms with Crippen molar-refractivity contribution in [2.75, 3.05) is 13.6 Å². The lowest BCUT2D eigenvalue weighted by Gasteiger charge is -2.27. The number of hydrogen-bond acceptors (Lipinski definition) is 2. The number of nitrogens with one attached hydrogen (secondary N) is 1. The van der Waals surface area contributed by atoms with Crippen molar-refractivity contribution >= 4 is 34.2 Å². The zero-order valence-corrected chi connectivity index (χ0v) is 13.5. The van der Waals surface area contributed by atoms with Crippen LogP contribution in [0.4, 0.5) is 0 Å². The molecule has 0 radical (unpaired) electrons. The highest BCUT2D eigenvalue weighted by atomic mass is 79.9. The van der Waals surface area contributed by atoms with Gasteiger partial charge in [0.15, 0.2) is 0 Å². The lowest BCUT2D eigenvalue weighted by Crippen LogP contribution is -2.46. The van der Waals surface area contributed by atoms with E-state index in [-0.39, 0.29) is 24.4 Å². The molecule has 0 bridgehead atoms. The van der Waals surface area contributed by atoms with Crippen LogP contribution in [-0.4, -0.2) is 30.4 Å². The molecule has 5 heteroatoms. The third-order valence-corrected chi connectivity index (χ3v) is 3.85. The summed E-state index contributed by atoms with van der Waals surface area (Å²) < 4.78 is 1.06. The van der Waals surface area contributed by atoms with Crippen LogP contribution in [-0.2, 0) is 11.3 Å². The zero-order valence-electron chi connectivity index (χ0n) is 11.1. The summed E-state index contributed by atoms with van der Waals surface area (Å²) in [5.74, 6) is 0.206. The predicted octanol–water partition coefficient (Wildman–Crippen LogP) is 2.97. The summed E-state index contributed by atoms with van der Waals surface area (Å²) in [6.07, 6.45) is 3.29. The van der Waals surface area contributed by atoms with Gasteiger partial charge in [-0.1, -0.05) is 34.5 Å². The normalized spacial score (nSPS) is 18.5. The molecular weight excluding hydrogens is 328 g/mol. The van der Waals surface area contributed by atoms with Crippen molar-refractivity contribution in [2.45, 2.75) is 31.8 Å². The summed E-state index contributed by atoms with van der Waals surface area (Å²) in [4.78, 5) is 14.0. The first-order valence-electron chi connectivity index (χ1n) is 6.39. The molecule has 1 atom stereocenters. The van der Waals surface area contributed by atoms with Crippen LogP contribution in [0.25, 0.3) is 0 Å². The Morgan fingerprint density at radius 1 is 1.37 bits per heavy atom. The smallest absolute Gasteiger partial charge is 0.239 e. The SMILES string of the molecule is CN(Cc1ccc(Br)cc1)C(=O)[C@H]1CCCCN1.Cl. The van der Waals surface area contributed by atoms with Gasteiger partial charge in [-0.25, -0.2) is 0 Å². The van der Waals surface area contributed by atoms with E-state index in [0.717, 1.165) is 29.4 Å². The number of piperidine rings is 1. The first-order chi connectivity index (χ1) is 8.66. The van der Waals surface area contributed by atoms with Crippen LogP contribution in [0, 0.1) is 0 Å². The average Bonchev–Trinajstić information content (AvgIpc) is 2.41. The molecule has 0 unspecified atom stereocenters. The number of nitrogens with zero attached hydrogens (tertiary/aromatic N) is 1. The Morgan fingerprint density at radius 3 is 2.63 bits per heavy atom.